The molecule has 0 radical (unpaired) electrons. The minimum atomic E-state index is 0.652. The summed E-state index contributed by atoms with van der Waals surface area (Å²) < 4.78 is 1.22. The predicted octanol–water partition coefficient (Wildman–Crippen LogP) is 6.32. The highest BCUT2D eigenvalue weighted by atomic mass is 35.5. The molecule has 0 aliphatic carbocycles. The van der Waals surface area contributed by atoms with E-state index in [2.05, 4.69) is 25.1 Å². The van der Waals surface area contributed by atoms with E-state index in [0.717, 1.165) is 35.0 Å². The van der Waals surface area contributed by atoms with Gasteiger partial charge in [-0.25, -0.2) is 0 Å². The summed E-state index contributed by atoms with van der Waals surface area (Å²) in [7, 11) is 1.00. The van der Waals surface area contributed by atoms with Crippen LogP contribution in [-0.4, -0.2) is 12.2 Å². The first-order valence-corrected chi connectivity index (χ1v) is 9.28. The largest absolute Gasteiger partial charge is 0.400 e. The molecule has 2 aromatic carbocycles. The second-order valence-electron chi connectivity index (χ2n) is 4.85. The third kappa shape index (κ3) is 4.87. The third-order valence-corrected chi connectivity index (χ3v) is 5.08. The number of anilines is 1. The van der Waals surface area contributed by atoms with Gasteiger partial charge >= 0.3 is 0 Å². The van der Waals surface area contributed by atoms with Crippen LogP contribution in [0.1, 0.15) is 29.9 Å². The number of aliphatic hydroxyl groups is 1. The van der Waals surface area contributed by atoms with Crippen molar-refractivity contribution in [1.29, 1.82) is 0 Å². The van der Waals surface area contributed by atoms with Crippen LogP contribution >= 0.6 is 34.5 Å². The predicted molar refractivity (Wildman–Crippen MR) is 110 cm³/mol. The van der Waals surface area contributed by atoms with E-state index < -0.39 is 0 Å². The lowest BCUT2D eigenvalue weighted by Gasteiger charge is -2.04. The molecule has 1 heterocycles. The molecule has 3 aromatic rings. The monoisotopic (exact) mass is 383 g/mol. The summed E-state index contributed by atoms with van der Waals surface area (Å²) in [5, 5.41) is 9.46. The van der Waals surface area contributed by atoms with Crippen molar-refractivity contribution in [2.45, 2.75) is 27.2 Å². The molecule has 130 valence electrons. The Hall–Kier alpha value is -1.26. The maximum atomic E-state index is 7.00. The summed E-state index contributed by atoms with van der Waals surface area (Å²) >= 11 is 13.9. The molecule has 2 nitrogen and oxygen atoms in total. The number of halogens is 2. The van der Waals surface area contributed by atoms with Crippen LogP contribution in [0.2, 0.25) is 10.0 Å². The molecule has 1 aromatic heterocycles. The van der Waals surface area contributed by atoms with Gasteiger partial charge in [0.25, 0.3) is 0 Å². The van der Waals surface area contributed by atoms with Crippen LogP contribution in [0.4, 0.5) is 5.69 Å². The van der Waals surface area contributed by atoms with E-state index in [4.69, 9.17) is 34.0 Å². The molecule has 0 aliphatic rings. The molecule has 3 N–H and O–H groups in total. The first kappa shape index (κ1) is 20.8. The smallest absolute Gasteiger partial charge is 0.0538 e. The fourth-order valence-corrected chi connectivity index (χ4v) is 3.96. The number of rotatable bonds is 2. The first-order chi connectivity index (χ1) is 11.5. The van der Waals surface area contributed by atoms with Gasteiger partial charge in [0.1, 0.15) is 0 Å². The zero-order chi connectivity index (χ0) is 18.3. The minimum absolute atomic E-state index is 0.652. The number of nitrogens with two attached hydrogens (primary N) is 1. The van der Waals surface area contributed by atoms with Gasteiger partial charge in [0.05, 0.1) is 5.69 Å². The average Bonchev–Trinajstić information content (AvgIpc) is 2.89. The SMILES string of the molecule is CC.CO.Cc1ccc2c(N)c(Cc3ccc(Cl)cc3Cl)sc2c1. The fourth-order valence-electron chi connectivity index (χ4n) is 2.24. The van der Waals surface area contributed by atoms with Gasteiger partial charge in [0.15, 0.2) is 0 Å². The molecular weight excluding hydrogens is 361 g/mol. The number of hydrogen-bond donors (Lipinski definition) is 2. The Balaban J connectivity index is 0.000000671. The van der Waals surface area contributed by atoms with Crippen molar-refractivity contribution in [3.63, 3.8) is 0 Å². The molecule has 0 spiro atoms. The van der Waals surface area contributed by atoms with E-state index in [0.29, 0.717) is 10.0 Å². The van der Waals surface area contributed by atoms with Gasteiger partial charge in [-0.15, -0.1) is 11.3 Å². The number of aliphatic hydroxyl groups excluding tert-OH is 1. The summed E-state index contributed by atoms with van der Waals surface area (Å²) in [6.07, 6.45) is 0.736. The van der Waals surface area contributed by atoms with Crippen LogP contribution in [0.25, 0.3) is 10.1 Å². The number of aryl methyl sites for hydroxylation is 1. The van der Waals surface area contributed by atoms with Gasteiger partial charge in [-0.2, -0.15) is 0 Å². The number of thiophene rings is 1. The first-order valence-electron chi connectivity index (χ1n) is 7.71. The van der Waals surface area contributed by atoms with Crippen molar-refractivity contribution in [3.8, 4) is 0 Å². The normalized spacial score (nSPS) is 9.79. The van der Waals surface area contributed by atoms with E-state index >= 15 is 0 Å². The zero-order valence-electron chi connectivity index (χ0n) is 14.4. The van der Waals surface area contributed by atoms with Gasteiger partial charge in [-0.3, -0.25) is 0 Å². The molecule has 0 saturated carbocycles. The highest BCUT2D eigenvalue weighted by molar-refractivity contribution is 7.19. The van der Waals surface area contributed by atoms with E-state index in [1.165, 1.54) is 10.3 Å². The zero-order valence-corrected chi connectivity index (χ0v) is 16.7. The maximum absolute atomic E-state index is 7.00. The van der Waals surface area contributed by atoms with E-state index in [1.807, 2.05) is 26.0 Å². The molecule has 0 aliphatic heterocycles. The van der Waals surface area contributed by atoms with Crippen LogP contribution in [0.5, 0.6) is 0 Å². The highest BCUT2D eigenvalue weighted by Crippen LogP contribution is 2.36. The third-order valence-electron chi connectivity index (χ3n) is 3.33. The van der Waals surface area contributed by atoms with Crippen molar-refractivity contribution < 1.29 is 5.11 Å². The van der Waals surface area contributed by atoms with Crippen molar-refractivity contribution in [1.82, 2.24) is 0 Å². The van der Waals surface area contributed by atoms with E-state index in [9.17, 15) is 0 Å². The van der Waals surface area contributed by atoms with Crippen LogP contribution in [0.3, 0.4) is 0 Å². The molecule has 0 saturated heterocycles. The van der Waals surface area contributed by atoms with Crippen molar-refractivity contribution >= 4 is 50.3 Å². The lowest BCUT2D eigenvalue weighted by atomic mass is 10.1. The van der Waals surface area contributed by atoms with Gasteiger partial charge in [-0.05, 0) is 36.2 Å². The van der Waals surface area contributed by atoms with E-state index in [1.54, 1.807) is 17.4 Å². The van der Waals surface area contributed by atoms with Crippen LogP contribution < -0.4 is 5.73 Å². The molecule has 3 rings (SSSR count). The van der Waals surface area contributed by atoms with Crippen molar-refractivity contribution in [3.05, 3.63) is 62.4 Å². The Morgan fingerprint density at radius 2 is 1.71 bits per heavy atom. The molecule has 0 amide bonds. The van der Waals surface area contributed by atoms with Gasteiger partial charge in [-0.1, -0.05) is 55.2 Å². The Morgan fingerprint density at radius 3 is 2.33 bits per heavy atom. The number of hydrogen-bond acceptors (Lipinski definition) is 3. The molecular formula is C19H23Cl2NOS. The molecule has 24 heavy (non-hydrogen) atoms. The van der Waals surface area contributed by atoms with Gasteiger partial charge in [0.2, 0.25) is 0 Å². The Labute approximate surface area is 157 Å². The molecule has 0 fully saturated rings. The van der Waals surface area contributed by atoms with Crippen LogP contribution in [0, 0.1) is 6.92 Å². The molecule has 5 heteroatoms. The number of nitrogen functional groups attached to an aromatic ring is 1. The molecule has 0 atom stereocenters. The summed E-state index contributed by atoms with van der Waals surface area (Å²) in [6, 6.07) is 11.9. The quantitative estimate of drug-likeness (QED) is 0.543. The highest BCUT2D eigenvalue weighted by Gasteiger charge is 2.11. The number of fused-ring (bicyclic) bond motifs is 1. The lowest BCUT2D eigenvalue weighted by Crippen LogP contribution is -1.92. The van der Waals surface area contributed by atoms with Crippen molar-refractivity contribution in [2.75, 3.05) is 12.8 Å². The lowest BCUT2D eigenvalue weighted by molar-refractivity contribution is 0.399. The van der Waals surface area contributed by atoms with Gasteiger partial charge < -0.3 is 10.8 Å². The summed E-state index contributed by atoms with van der Waals surface area (Å²) in [5.41, 5.74) is 9.41. The summed E-state index contributed by atoms with van der Waals surface area (Å²) in [6.45, 7) is 6.09. The second-order valence-corrected chi connectivity index (χ2v) is 6.83. The Kier molecular flexibility index (Phi) is 8.57. The molecule has 0 unspecified atom stereocenters. The summed E-state index contributed by atoms with van der Waals surface area (Å²) in [4.78, 5) is 1.15. The Morgan fingerprint density at radius 1 is 1.04 bits per heavy atom. The second kappa shape index (κ2) is 9.90. The molecule has 0 bridgehead atoms. The number of benzene rings is 2. The summed E-state index contributed by atoms with van der Waals surface area (Å²) in [5.74, 6) is 0. The van der Waals surface area contributed by atoms with Crippen molar-refractivity contribution in [2.24, 2.45) is 0 Å². The maximum Gasteiger partial charge on any atom is 0.0538 e. The van der Waals surface area contributed by atoms with E-state index in [-0.39, 0.29) is 0 Å². The topological polar surface area (TPSA) is 46.2 Å². The van der Waals surface area contributed by atoms with Crippen LogP contribution in [-0.2, 0) is 6.42 Å². The van der Waals surface area contributed by atoms with Crippen LogP contribution in [0.15, 0.2) is 36.4 Å². The fraction of sp³-hybridized carbons (Fsp3) is 0.263. The van der Waals surface area contributed by atoms with Gasteiger partial charge in [0, 0.05) is 38.5 Å². The Bertz CT molecular complexity index is 799. The standard InChI is InChI=1S/C16H13Cl2NS.C2H6.CH4O/c1-9-2-5-12-14(6-9)20-15(16(12)19)7-10-3-4-11(17)8-13(10)18;2*1-2/h2-6,8H,7,19H2,1H3;1-2H3;2H,1H3. The average molecular weight is 384 g/mol. The minimum Gasteiger partial charge on any atom is -0.400 e.